The van der Waals surface area contributed by atoms with Gasteiger partial charge in [-0.15, -0.1) is 0 Å². The molecular formula is C24H33N3O. The third-order valence-electron chi connectivity index (χ3n) is 6.05. The fourth-order valence-corrected chi connectivity index (χ4v) is 4.76. The van der Waals surface area contributed by atoms with Gasteiger partial charge in [-0.3, -0.25) is 4.79 Å². The summed E-state index contributed by atoms with van der Waals surface area (Å²) < 4.78 is 0. The van der Waals surface area contributed by atoms with Crippen LogP contribution in [0, 0.1) is 5.92 Å². The first-order chi connectivity index (χ1) is 13.6. The SMILES string of the molecule is CCCCN1C(=O)c2cccc3c(N4CCCN(CC(C)C)CC4)ccc1c23. The van der Waals surface area contributed by atoms with Gasteiger partial charge in [-0.2, -0.15) is 0 Å². The molecule has 150 valence electrons. The number of hydrogen-bond acceptors (Lipinski definition) is 3. The van der Waals surface area contributed by atoms with E-state index >= 15 is 0 Å². The van der Waals surface area contributed by atoms with E-state index in [4.69, 9.17) is 0 Å². The first-order valence-corrected chi connectivity index (χ1v) is 10.9. The van der Waals surface area contributed by atoms with E-state index in [0.717, 1.165) is 55.7 Å². The highest BCUT2D eigenvalue weighted by molar-refractivity contribution is 6.26. The van der Waals surface area contributed by atoms with Crippen LogP contribution >= 0.6 is 0 Å². The maximum absolute atomic E-state index is 13.0. The number of nitrogens with zero attached hydrogens (tertiary/aromatic N) is 3. The van der Waals surface area contributed by atoms with E-state index in [1.54, 1.807) is 0 Å². The monoisotopic (exact) mass is 379 g/mol. The lowest BCUT2D eigenvalue weighted by molar-refractivity contribution is 0.0993. The Bertz CT molecular complexity index is 860. The van der Waals surface area contributed by atoms with Crippen LogP contribution in [-0.4, -0.2) is 50.1 Å². The highest BCUT2D eigenvalue weighted by Gasteiger charge is 2.30. The number of benzene rings is 2. The molecule has 0 spiro atoms. The second-order valence-electron chi connectivity index (χ2n) is 8.68. The van der Waals surface area contributed by atoms with Crippen LogP contribution < -0.4 is 9.80 Å². The number of unbranched alkanes of at least 4 members (excludes halogenated alkanes) is 1. The van der Waals surface area contributed by atoms with Crippen LogP contribution in [0.3, 0.4) is 0 Å². The maximum Gasteiger partial charge on any atom is 0.258 e. The van der Waals surface area contributed by atoms with Crippen molar-refractivity contribution in [1.29, 1.82) is 0 Å². The van der Waals surface area contributed by atoms with Crippen LogP contribution in [0.2, 0.25) is 0 Å². The van der Waals surface area contributed by atoms with E-state index in [9.17, 15) is 4.79 Å². The molecule has 2 aromatic carbocycles. The van der Waals surface area contributed by atoms with Crippen molar-refractivity contribution in [3.63, 3.8) is 0 Å². The summed E-state index contributed by atoms with van der Waals surface area (Å²) in [6, 6.07) is 10.7. The van der Waals surface area contributed by atoms with Crippen molar-refractivity contribution in [3.8, 4) is 0 Å². The van der Waals surface area contributed by atoms with E-state index in [0.29, 0.717) is 5.92 Å². The van der Waals surface area contributed by atoms with Crippen molar-refractivity contribution in [2.45, 2.75) is 40.0 Å². The number of hydrogen-bond donors (Lipinski definition) is 0. The largest absolute Gasteiger partial charge is 0.370 e. The molecule has 4 rings (SSSR count). The van der Waals surface area contributed by atoms with Crippen molar-refractivity contribution >= 4 is 28.1 Å². The third kappa shape index (κ3) is 3.50. The van der Waals surface area contributed by atoms with E-state index < -0.39 is 0 Å². The second kappa shape index (κ2) is 8.12. The average Bonchev–Trinajstić information content (AvgIpc) is 2.83. The van der Waals surface area contributed by atoms with Crippen LogP contribution in [0.5, 0.6) is 0 Å². The van der Waals surface area contributed by atoms with Crippen molar-refractivity contribution in [2.24, 2.45) is 5.92 Å². The molecule has 0 atom stereocenters. The van der Waals surface area contributed by atoms with Gasteiger partial charge < -0.3 is 14.7 Å². The molecule has 1 amide bonds. The van der Waals surface area contributed by atoms with Crippen molar-refractivity contribution in [3.05, 3.63) is 35.9 Å². The Morgan fingerprint density at radius 2 is 1.82 bits per heavy atom. The smallest absolute Gasteiger partial charge is 0.258 e. The molecular weight excluding hydrogens is 346 g/mol. The zero-order chi connectivity index (χ0) is 19.7. The molecule has 1 fully saturated rings. The molecule has 0 N–H and O–H groups in total. The second-order valence-corrected chi connectivity index (χ2v) is 8.68. The van der Waals surface area contributed by atoms with Gasteiger partial charge in [-0.1, -0.05) is 39.3 Å². The fraction of sp³-hybridized carbons (Fsp3) is 0.542. The first-order valence-electron chi connectivity index (χ1n) is 10.9. The first kappa shape index (κ1) is 19.3. The lowest BCUT2D eigenvalue weighted by atomic mass is 10.0. The fourth-order valence-electron chi connectivity index (χ4n) is 4.76. The van der Waals surface area contributed by atoms with Crippen molar-refractivity contribution < 1.29 is 4.79 Å². The zero-order valence-electron chi connectivity index (χ0n) is 17.6. The molecule has 0 radical (unpaired) electrons. The van der Waals surface area contributed by atoms with Gasteiger partial charge in [-0.05, 0) is 43.5 Å². The predicted octanol–water partition coefficient (Wildman–Crippen LogP) is 4.77. The lowest BCUT2D eigenvalue weighted by Gasteiger charge is -2.26. The molecule has 2 aromatic rings. The number of carbonyl (C=O) groups excluding carboxylic acids is 1. The Morgan fingerprint density at radius 1 is 1.00 bits per heavy atom. The van der Waals surface area contributed by atoms with Gasteiger partial charge in [0.05, 0.1) is 5.69 Å². The predicted molar refractivity (Wildman–Crippen MR) is 119 cm³/mol. The van der Waals surface area contributed by atoms with Gasteiger partial charge >= 0.3 is 0 Å². The summed E-state index contributed by atoms with van der Waals surface area (Å²) in [5.74, 6) is 0.883. The summed E-state index contributed by atoms with van der Waals surface area (Å²) in [7, 11) is 0. The minimum Gasteiger partial charge on any atom is -0.370 e. The van der Waals surface area contributed by atoms with Crippen LogP contribution in [0.15, 0.2) is 30.3 Å². The quantitative estimate of drug-likeness (QED) is 0.723. The van der Waals surface area contributed by atoms with Gasteiger partial charge in [0, 0.05) is 54.7 Å². The van der Waals surface area contributed by atoms with Crippen LogP contribution in [0.25, 0.3) is 10.8 Å². The summed E-state index contributed by atoms with van der Waals surface area (Å²) in [5.41, 5.74) is 3.27. The summed E-state index contributed by atoms with van der Waals surface area (Å²) in [6.07, 6.45) is 3.33. The van der Waals surface area contributed by atoms with Gasteiger partial charge in [0.25, 0.3) is 5.91 Å². The van der Waals surface area contributed by atoms with E-state index in [-0.39, 0.29) is 5.91 Å². The number of carbonyl (C=O) groups is 1. The minimum atomic E-state index is 0.171. The molecule has 4 heteroatoms. The van der Waals surface area contributed by atoms with Gasteiger partial charge in [0.1, 0.15) is 0 Å². The summed E-state index contributed by atoms with van der Waals surface area (Å²) >= 11 is 0. The average molecular weight is 380 g/mol. The highest BCUT2D eigenvalue weighted by atomic mass is 16.2. The van der Waals surface area contributed by atoms with Crippen LogP contribution in [-0.2, 0) is 0 Å². The number of anilines is 2. The topological polar surface area (TPSA) is 26.8 Å². The van der Waals surface area contributed by atoms with Gasteiger partial charge in [0.2, 0.25) is 0 Å². The molecule has 2 aliphatic rings. The summed E-state index contributed by atoms with van der Waals surface area (Å²) in [6.45, 7) is 13.2. The highest BCUT2D eigenvalue weighted by Crippen LogP contribution is 2.41. The number of amides is 1. The molecule has 0 saturated carbocycles. The molecule has 0 unspecified atom stereocenters. The molecule has 4 nitrogen and oxygen atoms in total. The van der Waals surface area contributed by atoms with Crippen molar-refractivity contribution in [1.82, 2.24) is 4.90 Å². The van der Waals surface area contributed by atoms with E-state index in [1.807, 2.05) is 11.0 Å². The molecule has 0 aromatic heterocycles. The van der Waals surface area contributed by atoms with Gasteiger partial charge in [0.15, 0.2) is 0 Å². The maximum atomic E-state index is 13.0. The minimum absolute atomic E-state index is 0.171. The Balaban J connectivity index is 1.66. The summed E-state index contributed by atoms with van der Waals surface area (Å²) in [5, 5.41) is 2.39. The molecule has 2 aliphatic heterocycles. The lowest BCUT2D eigenvalue weighted by Crippen LogP contribution is -2.33. The molecule has 28 heavy (non-hydrogen) atoms. The van der Waals surface area contributed by atoms with Crippen LogP contribution in [0.1, 0.15) is 50.4 Å². The Morgan fingerprint density at radius 3 is 2.61 bits per heavy atom. The standard InChI is InChI=1S/C24H33N3O/c1-4-5-14-27-22-11-10-21(19-8-6-9-20(23(19)22)24(27)28)26-13-7-12-25(15-16-26)17-18(2)3/h6,8-11,18H,4-5,7,12-17H2,1-3H3. The summed E-state index contributed by atoms with van der Waals surface area (Å²) in [4.78, 5) is 20.1. The normalized spacial score (nSPS) is 17.8. The Hall–Kier alpha value is -2.07. The number of rotatable bonds is 6. The Labute approximate surface area is 169 Å². The molecule has 0 aliphatic carbocycles. The van der Waals surface area contributed by atoms with E-state index in [1.165, 1.54) is 30.6 Å². The third-order valence-corrected chi connectivity index (χ3v) is 6.05. The van der Waals surface area contributed by atoms with E-state index in [2.05, 4.69) is 54.8 Å². The van der Waals surface area contributed by atoms with Crippen molar-refractivity contribution in [2.75, 3.05) is 49.1 Å². The van der Waals surface area contributed by atoms with Crippen LogP contribution in [0.4, 0.5) is 11.4 Å². The molecule has 1 saturated heterocycles. The Kier molecular flexibility index (Phi) is 5.58. The van der Waals surface area contributed by atoms with Gasteiger partial charge in [-0.25, -0.2) is 0 Å². The molecule has 0 bridgehead atoms. The molecule has 2 heterocycles. The zero-order valence-corrected chi connectivity index (χ0v) is 17.6.